The quantitative estimate of drug-likeness (QED) is 0.788. The van der Waals surface area contributed by atoms with Gasteiger partial charge in [0.15, 0.2) is 6.61 Å². The molecule has 0 bridgehead atoms. The molecule has 132 valence electrons. The first-order chi connectivity index (χ1) is 12.0. The lowest BCUT2D eigenvalue weighted by molar-refractivity contribution is -0.129. The summed E-state index contributed by atoms with van der Waals surface area (Å²) in [6.45, 7) is 3.64. The fourth-order valence-electron chi connectivity index (χ4n) is 2.41. The Hall–Kier alpha value is -3.02. The van der Waals surface area contributed by atoms with Crippen LogP contribution in [0.1, 0.15) is 16.7 Å². The Labute approximate surface area is 147 Å². The van der Waals surface area contributed by atoms with E-state index in [9.17, 15) is 9.59 Å². The summed E-state index contributed by atoms with van der Waals surface area (Å²) in [4.78, 5) is 23.8. The van der Waals surface area contributed by atoms with Crippen molar-refractivity contribution in [3.8, 4) is 11.5 Å². The summed E-state index contributed by atoms with van der Waals surface area (Å²) in [6, 6.07) is 13.0. The number of rotatable bonds is 6. The second kappa shape index (κ2) is 8.73. The molecule has 0 saturated carbocycles. The van der Waals surface area contributed by atoms with Crippen LogP contribution in [0.25, 0.3) is 0 Å². The van der Waals surface area contributed by atoms with Gasteiger partial charge >= 0.3 is 0 Å². The predicted molar refractivity (Wildman–Crippen MR) is 94.4 cm³/mol. The van der Waals surface area contributed by atoms with Crippen molar-refractivity contribution in [3.05, 3.63) is 59.2 Å². The highest BCUT2D eigenvalue weighted by molar-refractivity contribution is 5.84. The third-order valence-electron chi connectivity index (χ3n) is 3.64. The van der Waals surface area contributed by atoms with Crippen molar-refractivity contribution in [2.24, 2.45) is 0 Å². The number of hydrazine groups is 1. The summed E-state index contributed by atoms with van der Waals surface area (Å²) in [6.07, 6.45) is 0.0993. The Balaban J connectivity index is 1.80. The highest BCUT2D eigenvalue weighted by Gasteiger charge is 2.10. The van der Waals surface area contributed by atoms with Crippen LogP contribution < -0.4 is 20.3 Å². The van der Waals surface area contributed by atoms with Crippen LogP contribution >= 0.6 is 0 Å². The summed E-state index contributed by atoms with van der Waals surface area (Å²) in [7, 11) is 1.55. The van der Waals surface area contributed by atoms with Crippen LogP contribution in [0, 0.1) is 13.8 Å². The van der Waals surface area contributed by atoms with Crippen LogP contribution in [0.2, 0.25) is 0 Å². The van der Waals surface area contributed by atoms with Crippen molar-refractivity contribution in [2.75, 3.05) is 13.7 Å². The standard InChI is InChI=1S/C19H22N2O4/c1-13-7-6-8-14(2)19(13)25-12-18(23)21-20-17(22)11-15-9-4-5-10-16(15)24-3/h4-10H,11-12H2,1-3H3,(H,20,22)(H,21,23). The fourth-order valence-corrected chi connectivity index (χ4v) is 2.41. The van der Waals surface area contributed by atoms with Gasteiger partial charge in [0.05, 0.1) is 13.5 Å². The van der Waals surface area contributed by atoms with Gasteiger partial charge in [-0.05, 0) is 31.0 Å². The number of methoxy groups -OCH3 is 1. The molecule has 0 aromatic heterocycles. The predicted octanol–water partition coefficient (Wildman–Crippen LogP) is 2.08. The zero-order chi connectivity index (χ0) is 18.2. The van der Waals surface area contributed by atoms with Crippen LogP contribution in [0.3, 0.4) is 0 Å². The van der Waals surface area contributed by atoms with Crippen molar-refractivity contribution in [2.45, 2.75) is 20.3 Å². The molecule has 6 nitrogen and oxygen atoms in total. The Kier molecular flexibility index (Phi) is 6.39. The smallest absolute Gasteiger partial charge is 0.276 e. The third kappa shape index (κ3) is 5.24. The molecule has 0 aliphatic carbocycles. The van der Waals surface area contributed by atoms with Gasteiger partial charge in [0.2, 0.25) is 5.91 Å². The number of carbonyl (C=O) groups is 2. The Morgan fingerprint density at radius 1 is 0.920 bits per heavy atom. The van der Waals surface area contributed by atoms with E-state index in [4.69, 9.17) is 9.47 Å². The number of ether oxygens (including phenoxy) is 2. The van der Waals surface area contributed by atoms with E-state index < -0.39 is 5.91 Å². The molecule has 2 aromatic carbocycles. The first-order valence-electron chi connectivity index (χ1n) is 7.90. The molecule has 0 fully saturated rings. The minimum absolute atomic E-state index is 0.0993. The number of amides is 2. The minimum atomic E-state index is -0.434. The molecule has 2 aromatic rings. The van der Waals surface area contributed by atoms with E-state index in [2.05, 4.69) is 10.9 Å². The molecule has 0 aliphatic rings. The highest BCUT2D eigenvalue weighted by Crippen LogP contribution is 2.22. The molecule has 0 atom stereocenters. The normalized spacial score (nSPS) is 10.0. The molecular weight excluding hydrogens is 320 g/mol. The van der Waals surface area contributed by atoms with Crippen LogP contribution in [0.4, 0.5) is 0 Å². The maximum absolute atomic E-state index is 11.9. The first-order valence-corrected chi connectivity index (χ1v) is 7.90. The van der Waals surface area contributed by atoms with Gasteiger partial charge in [0.25, 0.3) is 5.91 Å². The molecule has 2 amide bonds. The lowest BCUT2D eigenvalue weighted by Gasteiger charge is -2.12. The molecular formula is C19H22N2O4. The van der Waals surface area contributed by atoms with Gasteiger partial charge in [0, 0.05) is 5.56 Å². The van der Waals surface area contributed by atoms with E-state index in [1.807, 2.05) is 44.2 Å². The van der Waals surface area contributed by atoms with Gasteiger partial charge in [-0.2, -0.15) is 0 Å². The Morgan fingerprint density at radius 3 is 2.24 bits per heavy atom. The molecule has 6 heteroatoms. The Bertz CT molecular complexity index is 739. The second-order valence-corrected chi connectivity index (χ2v) is 5.59. The van der Waals surface area contributed by atoms with E-state index in [0.717, 1.165) is 16.7 Å². The third-order valence-corrected chi connectivity index (χ3v) is 3.64. The van der Waals surface area contributed by atoms with E-state index in [1.54, 1.807) is 19.2 Å². The van der Waals surface area contributed by atoms with E-state index in [0.29, 0.717) is 11.5 Å². The maximum Gasteiger partial charge on any atom is 0.276 e. The molecule has 0 spiro atoms. The minimum Gasteiger partial charge on any atom is -0.496 e. The van der Waals surface area contributed by atoms with Crippen LogP contribution in [-0.2, 0) is 16.0 Å². The molecule has 0 saturated heterocycles. The number of hydrogen-bond donors (Lipinski definition) is 2. The average Bonchev–Trinajstić information content (AvgIpc) is 2.60. The molecule has 2 N–H and O–H groups in total. The number of para-hydroxylation sites is 2. The van der Waals surface area contributed by atoms with Gasteiger partial charge in [-0.3, -0.25) is 20.4 Å². The maximum atomic E-state index is 11.9. The fraction of sp³-hybridized carbons (Fsp3) is 0.263. The molecule has 0 unspecified atom stereocenters. The number of hydrogen-bond acceptors (Lipinski definition) is 4. The number of nitrogens with one attached hydrogen (secondary N) is 2. The van der Waals surface area contributed by atoms with Crippen molar-refractivity contribution < 1.29 is 19.1 Å². The molecule has 0 aliphatic heterocycles. The summed E-state index contributed by atoms with van der Waals surface area (Å²) >= 11 is 0. The van der Waals surface area contributed by atoms with E-state index in [-0.39, 0.29) is 18.9 Å². The first kappa shape index (κ1) is 18.3. The number of carbonyl (C=O) groups excluding carboxylic acids is 2. The summed E-state index contributed by atoms with van der Waals surface area (Å²) in [5.74, 6) is 0.529. The van der Waals surface area contributed by atoms with Crippen LogP contribution in [-0.4, -0.2) is 25.5 Å². The van der Waals surface area contributed by atoms with Crippen molar-refractivity contribution in [1.29, 1.82) is 0 Å². The summed E-state index contributed by atoms with van der Waals surface area (Å²) in [5, 5.41) is 0. The van der Waals surface area contributed by atoms with Gasteiger partial charge in [-0.25, -0.2) is 0 Å². The molecule has 0 radical (unpaired) electrons. The number of aryl methyl sites for hydroxylation is 2. The Morgan fingerprint density at radius 2 is 1.56 bits per heavy atom. The largest absolute Gasteiger partial charge is 0.496 e. The van der Waals surface area contributed by atoms with Gasteiger partial charge < -0.3 is 9.47 Å². The monoisotopic (exact) mass is 342 g/mol. The topological polar surface area (TPSA) is 76.7 Å². The summed E-state index contributed by atoms with van der Waals surface area (Å²) in [5.41, 5.74) is 7.36. The van der Waals surface area contributed by atoms with Gasteiger partial charge in [-0.1, -0.05) is 36.4 Å². The lowest BCUT2D eigenvalue weighted by Crippen LogP contribution is -2.44. The van der Waals surface area contributed by atoms with Gasteiger partial charge in [-0.15, -0.1) is 0 Å². The molecule has 0 heterocycles. The molecule has 2 rings (SSSR count). The van der Waals surface area contributed by atoms with Crippen LogP contribution in [0.5, 0.6) is 11.5 Å². The second-order valence-electron chi connectivity index (χ2n) is 5.59. The molecule has 25 heavy (non-hydrogen) atoms. The van der Waals surface area contributed by atoms with E-state index in [1.165, 1.54) is 0 Å². The van der Waals surface area contributed by atoms with E-state index >= 15 is 0 Å². The number of benzene rings is 2. The van der Waals surface area contributed by atoms with Crippen molar-refractivity contribution in [3.63, 3.8) is 0 Å². The zero-order valence-electron chi connectivity index (χ0n) is 14.6. The highest BCUT2D eigenvalue weighted by atomic mass is 16.5. The van der Waals surface area contributed by atoms with Crippen LogP contribution in [0.15, 0.2) is 42.5 Å². The zero-order valence-corrected chi connectivity index (χ0v) is 14.6. The van der Waals surface area contributed by atoms with Crippen molar-refractivity contribution in [1.82, 2.24) is 10.9 Å². The summed E-state index contributed by atoms with van der Waals surface area (Å²) < 4.78 is 10.7. The van der Waals surface area contributed by atoms with Crippen molar-refractivity contribution >= 4 is 11.8 Å². The van der Waals surface area contributed by atoms with Gasteiger partial charge in [0.1, 0.15) is 11.5 Å². The lowest BCUT2D eigenvalue weighted by atomic mass is 10.1. The SMILES string of the molecule is COc1ccccc1CC(=O)NNC(=O)COc1c(C)cccc1C. The average molecular weight is 342 g/mol.